The van der Waals surface area contributed by atoms with E-state index in [1.165, 1.54) is 18.9 Å². The zero-order valence-electron chi connectivity index (χ0n) is 9.93. The Balaban J connectivity index is 1.99. The monoisotopic (exact) mass is 237 g/mol. The topological polar surface area (TPSA) is 43.7 Å². The first-order chi connectivity index (χ1) is 8.06. The van der Waals surface area contributed by atoms with Gasteiger partial charge in [0.15, 0.2) is 0 Å². The van der Waals surface area contributed by atoms with Crippen LogP contribution in [0.15, 0.2) is 18.2 Å². The fourth-order valence-electron chi connectivity index (χ4n) is 1.95. The summed E-state index contributed by atoms with van der Waals surface area (Å²) in [6.45, 7) is 1.56. The van der Waals surface area contributed by atoms with E-state index in [9.17, 15) is 4.39 Å². The van der Waals surface area contributed by atoms with Crippen LogP contribution in [0.2, 0.25) is 0 Å². The van der Waals surface area contributed by atoms with Gasteiger partial charge in [0, 0.05) is 18.7 Å². The largest absolute Gasteiger partial charge is 0.488 e. The van der Waals surface area contributed by atoms with Crippen LogP contribution in [0.3, 0.4) is 0 Å². The van der Waals surface area contributed by atoms with Gasteiger partial charge in [-0.2, -0.15) is 0 Å². The third-order valence-corrected chi connectivity index (χ3v) is 3.08. The van der Waals surface area contributed by atoms with E-state index in [0.717, 1.165) is 12.5 Å². The molecule has 0 amide bonds. The normalized spacial score (nSPS) is 15.4. The fourth-order valence-corrected chi connectivity index (χ4v) is 1.95. The van der Waals surface area contributed by atoms with Crippen LogP contribution in [0, 0.1) is 11.7 Å². The minimum atomic E-state index is -1.61. The molecule has 0 atom stereocenters. The van der Waals surface area contributed by atoms with E-state index in [2.05, 4.69) is 4.90 Å². The van der Waals surface area contributed by atoms with Gasteiger partial charge in [0.25, 0.3) is 0 Å². The molecule has 1 aromatic carbocycles. The summed E-state index contributed by atoms with van der Waals surface area (Å²) in [5.41, 5.74) is 0.786. The van der Waals surface area contributed by atoms with Crippen molar-refractivity contribution in [1.82, 2.24) is 4.90 Å². The Morgan fingerprint density at radius 2 is 2.12 bits per heavy atom. The van der Waals surface area contributed by atoms with Crippen molar-refractivity contribution < 1.29 is 14.4 Å². The van der Waals surface area contributed by atoms with Crippen LogP contribution in [0.25, 0.3) is 0 Å². The first-order valence-electron chi connectivity index (χ1n) is 5.89. The van der Waals surface area contributed by atoms with E-state index in [1.54, 1.807) is 12.1 Å². The number of benzene rings is 1. The highest BCUT2D eigenvalue weighted by molar-refractivity contribution is 6.58. The Labute approximate surface area is 101 Å². The van der Waals surface area contributed by atoms with Gasteiger partial charge in [0.2, 0.25) is 0 Å². The number of nitrogens with zero attached hydrogens (tertiary/aromatic N) is 1. The van der Waals surface area contributed by atoms with Gasteiger partial charge in [-0.05, 0) is 37.3 Å². The molecule has 1 aliphatic carbocycles. The lowest BCUT2D eigenvalue weighted by Crippen LogP contribution is -2.30. The predicted molar refractivity (Wildman–Crippen MR) is 65.3 cm³/mol. The number of rotatable bonds is 5. The van der Waals surface area contributed by atoms with E-state index >= 15 is 0 Å². The second kappa shape index (κ2) is 5.17. The molecule has 0 radical (unpaired) electrons. The van der Waals surface area contributed by atoms with E-state index in [0.29, 0.717) is 12.1 Å². The SMILES string of the molecule is CN(Cc1ccc(B(O)O)cc1F)CC1CC1. The summed E-state index contributed by atoms with van der Waals surface area (Å²) in [7, 11) is 0.370. The van der Waals surface area contributed by atoms with Crippen LogP contribution >= 0.6 is 0 Å². The summed E-state index contributed by atoms with van der Waals surface area (Å²) in [6.07, 6.45) is 2.56. The summed E-state index contributed by atoms with van der Waals surface area (Å²) < 4.78 is 13.7. The Morgan fingerprint density at radius 1 is 1.41 bits per heavy atom. The van der Waals surface area contributed by atoms with Crippen LogP contribution in [0.4, 0.5) is 4.39 Å². The molecule has 1 aliphatic rings. The smallest absolute Gasteiger partial charge is 0.423 e. The average Bonchev–Trinajstić information content (AvgIpc) is 3.04. The molecular weight excluding hydrogens is 220 g/mol. The van der Waals surface area contributed by atoms with Crippen LogP contribution in [0.5, 0.6) is 0 Å². The third kappa shape index (κ3) is 3.53. The van der Waals surface area contributed by atoms with Gasteiger partial charge in [-0.3, -0.25) is 0 Å². The Kier molecular flexibility index (Phi) is 3.81. The minimum absolute atomic E-state index is 0.191. The van der Waals surface area contributed by atoms with Gasteiger partial charge in [-0.15, -0.1) is 0 Å². The van der Waals surface area contributed by atoms with Gasteiger partial charge in [-0.25, -0.2) is 4.39 Å². The zero-order valence-corrected chi connectivity index (χ0v) is 9.93. The van der Waals surface area contributed by atoms with Crippen LogP contribution in [0.1, 0.15) is 18.4 Å². The van der Waals surface area contributed by atoms with Crippen molar-refractivity contribution in [3.63, 3.8) is 0 Å². The van der Waals surface area contributed by atoms with Crippen molar-refractivity contribution in [2.24, 2.45) is 5.92 Å². The van der Waals surface area contributed by atoms with Crippen molar-refractivity contribution >= 4 is 12.6 Å². The molecule has 17 heavy (non-hydrogen) atoms. The van der Waals surface area contributed by atoms with Gasteiger partial charge in [0.05, 0.1) is 0 Å². The zero-order chi connectivity index (χ0) is 12.4. The summed E-state index contributed by atoms with van der Waals surface area (Å²) in [6, 6.07) is 4.35. The molecule has 3 nitrogen and oxygen atoms in total. The lowest BCUT2D eigenvalue weighted by atomic mass is 9.80. The first kappa shape index (κ1) is 12.5. The molecule has 0 unspecified atom stereocenters. The van der Waals surface area contributed by atoms with Crippen molar-refractivity contribution in [1.29, 1.82) is 0 Å². The number of halogens is 1. The molecular formula is C12H17BFNO2. The molecule has 0 aromatic heterocycles. The second-order valence-electron chi connectivity index (χ2n) is 4.86. The standard InChI is InChI=1S/C12H17BFNO2/c1-15(7-9-2-3-9)8-10-4-5-11(13(16)17)6-12(10)14/h4-6,9,16-17H,2-3,7-8H2,1H3. The van der Waals surface area contributed by atoms with Gasteiger partial charge >= 0.3 is 7.12 Å². The molecule has 0 spiro atoms. The molecule has 0 heterocycles. The second-order valence-corrected chi connectivity index (χ2v) is 4.86. The molecule has 2 N–H and O–H groups in total. The van der Waals surface area contributed by atoms with Crippen molar-refractivity contribution in [2.75, 3.05) is 13.6 Å². The molecule has 2 rings (SSSR count). The predicted octanol–water partition coefficient (Wildman–Crippen LogP) is 0.347. The van der Waals surface area contributed by atoms with Crippen molar-refractivity contribution in [3.05, 3.63) is 29.6 Å². The third-order valence-electron chi connectivity index (χ3n) is 3.08. The van der Waals surface area contributed by atoms with Crippen LogP contribution in [-0.2, 0) is 6.54 Å². The molecule has 92 valence electrons. The van der Waals surface area contributed by atoms with E-state index in [-0.39, 0.29) is 11.3 Å². The highest BCUT2D eigenvalue weighted by Crippen LogP contribution is 2.29. The lowest BCUT2D eigenvalue weighted by molar-refractivity contribution is 0.308. The molecule has 5 heteroatoms. The van der Waals surface area contributed by atoms with Gasteiger partial charge in [0.1, 0.15) is 5.82 Å². The number of hydrogen-bond donors (Lipinski definition) is 2. The molecule has 1 saturated carbocycles. The van der Waals surface area contributed by atoms with E-state index < -0.39 is 7.12 Å². The average molecular weight is 237 g/mol. The molecule has 0 aliphatic heterocycles. The fraction of sp³-hybridized carbons (Fsp3) is 0.500. The number of hydrogen-bond acceptors (Lipinski definition) is 3. The van der Waals surface area contributed by atoms with Crippen molar-refractivity contribution in [2.45, 2.75) is 19.4 Å². The maximum absolute atomic E-state index is 13.7. The minimum Gasteiger partial charge on any atom is -0.423 e. The van der Waals surface area contributed by atoms with Crippen LogP contribution in [-0.4, -0.2) is 35.7 Å². The summed E-state index contributed by atoms with van der Waals surface area (Å²) >= 11 is 0. The van der Waals surface area contributed by atoms with Gasteiger partial charge < -0.3 is 14.9 Å². The molecule has 0 bridgehead atoms. The highest BCUT2D eigenvalue weighted by Gasteiger charge is 2.23. The molecule has 0 saturated heterocycles. The maximum Gasteiger partial charge on any atom is 0.488 e. The quantitative estimate of drug-likeness (QED) is 0.726. The first-order valence-corrected chi connectivity index (χ1v) is 5.89. The Bertz CT molecular complexity index is 396. The lowest BCUT2D eigenvalue weighted by Gasteiger charge is -2.17. The van der Waals surface area contributed by atoms with Gasteiger partial charge in [-0.1, -0.05) is 12.1 Å². The van der Waals surface area contributed by atoms with Crippen molar-refractivity contribution in [3.8, 4) is 0 Å². The van der Waals surface area contributed by atoms with E-state index in [1.807, 2.05) is 7.05 Å². The Hall–Kier alpha value is -0.905. The summed E-state index contributed by atoms with van der Waals surface area (Å²) in [4.78, 5) is 2.10. The molecule has 1 aromatic rings. The summed E-state index contributed by atoms with van der Waals surface area (Å²) in [5.74, 6) is 0.403. The van der Waals surface area contributed by atoms with Crippen LogP contribution < -0.4 is 5.46 Å². The summed E-state index contributed by atoms with van der Waals surface area (Å²) in [5, 5.41) is 17.9. The molecule has 1 fully saturated rings. The Morgan fingerprint density at radius 3 is 2.65 bits per heavy atom. The maximum atomic E-state index is 13.7. The van der Waals surface area contributed by atoms with E-state index in [4.69, 9.17) is 10.0 Å². The highest BCUT2D eigenvalue weighted by atomic mass is 19.1.